The van der Waals surface area contributed by atoms with E-state index in [-0.39, 0.29) is 0 Å². The average molecular weight is 350 g/mol. The Morgan fingerprint density at radius 1 is 1.08 bits per heavy atom. The number of aryl methyl sites for hydroxylation is 1. The van der Waals surface area contributed by atoms with Gasteiger partial charge in [-0.25, -0.2) is 0 Å². The quantitative estimate of drug-likeness (QED) is 0.576. The first kappa shape index (κ1) is 18.2. The summed E-state index contributed by atoms with van der Waals surface area (Å²) in [6, 6.07) is 16.7. The van der Waals surface area contributed by atoms with Gasteiger partial charge in [-0.15, -0.1) is 0 Å². The molecular formula is C22H26N2O2. The van der Waals surface area contributed by atoms with Crippen molar-refractivity contribution in [2.75, 3.05) is 27.7 Å². The van der Waals surface area contributed by atoms with Crippen LogP contribution in [0.15, 0.2) is 48.5 Å². The maximum Gasteiger partial charge on any atom is 0.124 e. The van der Waals surface area contributed by atoms with Gasteiger partial charge in [0.15, 0.2) is 0 Å². The second-order valence-corrected chi connectivity index (χ2v) is 6.83. The molecule has 0 saturated heterocycles. The molecule has 0 aliphatic heterocycles. The lowest BCUT2D eigenvalue weighted by atomic mass is 10.1. The second kappa shape index (κ2) is 8.19. The van der Waals surface area contributed by atoms with Crippen LogP contribution in [0.2, 0.25) is 0 Å². The summed E-state index contributed by atoms with van der Waals surface area (Å²) >= 11 is 0. The lowest BCUT2D eigenvalue weighted by Gasteiger charge is -2.14. The Hall–Kier alpha value is -2.59. The minimum absolute atomic E-state index is 0.462. The van der Waals surface area contributed by atoms with Gasteiger partial charge in [0, 0.05) is 29.6 Å². The number of methoxy groups -OCH3 is 1. The van der Waals surface area contributed by atoms with Gasteiger partial charge in [0.25, 0.3) is 0 Å². The van der Waals surface area contributed by atoms with Crippen molar-refractivity contribution in [2.45, 2.75) is 19.4 Å². The van der Waals surface area contributed by atoms with Gasteiger partial charge in [-0.2, -0.15) is 0 Å². The predicted molar refractivity (Wildman–Crippen MR) is 107 cm³/mol. The van der Waals surface area contributed by atoms with Gasteiger partial charge in [0.2, 0.25) is 0 Å². The van der Waals surface area contributed by atoms with E-state index < -0.39 is 0 Å². The maximum atomic E-state index is 10.7. The number of nitrogens with zero attached hydrogens (tertiary/aromatic N) is 2. The Balaban J connectivity index is 2.01. The normalized spacial score (nSPS) is 11.2. The summed E-state index contributed by atoms with van der Waals surface area (Å²) in [5.41, 5.74) is 4.63. The van der Waals surface area contributed by atoms with Crippen molar-refractivity contribution in [1.82, 2.24) is 9.47 Å². The van der Waals surface area contributed by atoms with Gasteiger partial charge < -0.3 is 19.0 Å². The topological polar surface area (TPSA) is 34.5 Å². The lowest BCUT2D eigenvalue weighted by Crippen LogP contribution is -2.15. The number of hydrogen-bond donors (Lipinski definition) is 0. The van der Waals surface area contributed by atoms with Crippen molar-refractivity contribution in [3.05, 3.63) is 54.1 Å². The summed E-state index contributed by atoms with van der Waals surface area (Å²) in [5.74, 6) is 0.871. The molecule has 0 aliphatic carbocycles. The molecular weight excluding hydrogens is 324 g/mol. The van der Waals surface area contributed by atoms with E-state index in [2.05, 4.69) is 53.9 Å². The van der Waals surface area contributed by atoms with Gasteiger partial charge in [-0.1, -0.05) is 24.3 Å². The Morgan fingerprint density at radius 3 is 2.50 bits per heavy atom. The van der Waals surface area contributed by atoms with Crippen LogP contribution in [-0.2, 0) is 17.8 Å². The molecule has 3 aromatic rings. The molecule has 0 radical (unpaired) electrons. The molecule has 0 N–H and O–H groups in total. The first-order valence-electron chi connectivity index (χ1n) is 8.97. The minimum atomic E-state index is 0.462. The smallest absolute Gasteiger partial charge is 0.124 e. The molecule has 0 aliphatic rings. The summed E-state index contributed by atoms with van der Waals surface area (Å²) in [6.45, 7) is 2.01. The number of fused-ring (bicyclic) bond motifs is 1. The molecule has 0 fully saturated rings. The molecule has 0 bridgehead atoms. The van der Waals surface area contributed by atoms with E-state index in [0.717, 1.165) is 37.1 Å². The van der Waals surface area contributed by atoms with Crippen LogP contribution in [0.5, 0.6) is 5.75 Å². The summed E-state index contributed by atoms with van der Waals surface area (Å²) < 4.78 is 7.77. The molecule has 0 amide bonds. The third-order valence-electron chi connectivity index (χ3n) is 4.66. The monoisotopic (exact) mass is 350 g/mol. The average Bonchev–Trinajstić information content (AvgIpc) is 3.00. The minimum Gasteiger partial charge on any atom is -0.497 e. The number of rotatable bonds is 8. The van der Waals surface area contributed by atoms with Crippen molar-refractivity contribution in [3.8, 4) is 17.0 Å². The molecule has 2 aromatic carbocycles. The highest BCUT2D eigenvalue weighted by molar-refractivity contribution is 5.88. The van der Waals surface area contributed by atoms with Crippen molar-refractivity contribution < 1.29 is 9.53 Å². The van der Waals surface area contributed by atoms with Crippen LogP contribution >= 0.6 is 0 Å². The SMILES string of the molecule is COc1ccc2c(c1)cc(-c1ccc(CC=O)cc1)n2CCCN(C)C. The summed E-state index contributed by atoms with van der Waals surface area (Å²) in [6.07, 6.45) is 2.49. The number of hydrogen-bond acceptors (Lipinski definition) is 3. The van der Waals surface area contributed by atoms with E-state index in [1.54, 1.807) is 7.11 Å². The Morgan fingerprint density at radius 2 is 1.85 bits per heavy atom. The molecule has 1 heterocycles. The zero-order valence-corrected chi connectivity index (χ0v) is 15.7. The van der Waals surface area contributed by atoms with E-state index in [0.29, 0.717) is 6.42 Å². The Kier molecular flexibility index (Phi) is 5.74. The van der Waals surface area contributed by atoms with Gasteiger partial charge in [-0.3, -0.25) is 0 Å². The molecule has 3 rings (SSSR count). The van der Waals surface area contributed by atoms with Gasteiger partial charge >= 0.3 is 0 Å². The first-order chi connectivity index (χ1) is 12.6. The molecule has 0 saturated carbocycles. The third kappa shape index (κ3) is 3.97. The van der Waals surface area contributed by atoms with Crippen LogP contribution in [0.4, 0.5) is 0 Å². The summed E-state index contributed by atoms with van der Waals surface area (Å²) in [4.78, 5) is 12.9. The number of carbonyl (C=O) groups is 1. The molecule has 4 nitrogen and oxygen atoms in total. The van der Waals surface area contributed by atoms with Crippen LogP contribution < -0.4 is 4.74 Å². The van der Waals surface area contributed by atoms with Gasteiger partial charge in [-0.05, 0) is 62.5 Å². The van der Waals surface area contributed by atoms with E-state index in [1.807, 2.05) is 18.2 Å². The fourth-order valence-electron chi connectivity index (χ4n) is 3.31. The zero-order chi connectivity index (χ0) is 18.5. The second-order valence-electron chi connectivity index (χ2n) is 6.83. The predicted octanol–water partition coefficient (Wildman–Crippen LogP) is 4.01. The van der Waals surface area contributed by atoms with E-state index in [1.165, 1.54) is 22.2 Å². The summed E-state index contributed by atoms with van der Waals surface area (Å²) in [5, 5.41) is 1.18. The summed E-state index contributed by atoms with van der Waals surface area (Å²) in [7, 11) is 5.90. The van der Waals surface area contributed by atoms with Gasteiger partial charge in [0.1, 0.15) is 12.0 Å². The highest BCUT2D eigenvalue weighted by Crippen LogP contribution is 2.31. The van der Waals surface area contributed by atoms with Crippen LogP contribution in [0, 0.1) is 0 Å². The largest absolute Gasteiger partial charge is 0.497 e. The fraction of sp³-hybridized carbons (Fsp3) is 0.318. The molecule has 0 unspecified atom stereocenters. The lowest BCUT2D eigenvalue weighted by molar-refractivity contribution is -0.107. The molecule has 0 spiro atoms. The van der Waals surface area contributed by atoms with Crippen LogP contribution in [-0.4, -0.2) is 43.5 Å². The number of benzene rings is 2. The molecule has 4 heteroatoms. The Bertz CT molecular complexity index is 879. The highest BCUT2D eigenvalue weighted by Gasteiger charge is 2.12. The van der Waals surface area contributed by atoms with Crippen LogP contribution in [0.1, 0.15) is 12.0 Å². The maximum absolute atomic E-state index is 10.7. The number of ether oxygens (including phenoxy) is 1. The van der Waals surface area contributed by atoms with Crippen molar-refractivity contribution >= 4 is 17.2 Å². The molecule has 1 aromatic heterocycles. The fourth-order valence-corrected chi connectivity index (χ4v) is 3.31. The molecule has 136 valence electrons. The Labute approximate surface area is 155 Å². The van der Waals surface area contributed by atoms with E-state index in [9.17, 15) is 4.79 Å². The van der Waals surface area contributed by atoms with E-state index >= 15 is 0 Å². The molecule has 26 heavy (non-hydrogen) atoms. The van der Waals surface area contributed by atoms with Gasteiger partial charge in [0.05, 0.1) is 7.11 Å². The van der Waals surface area contributed by atoms with Crippen LogP contribution in [0.3, 0.4) is 0 Å². The number of aromatic nitrogens is 1. The number of carbonyl (C=O) groups excluding carboxylic acids is 1. The zero-order valence-electron chi connectivity index (χ0n) is 15.7. The highest BCUT2D eigenvalue weighted by atomic mass is 16.5. The third-order valence-corrected chi connectivity index (χ3v) is 4.66. The van der Waals surface area contributed by atoms with Crippen molar-refractivity contribution in [1.29, 1.82) is 0 Å². The van der Waals surface area contributed by atoms with E-state index in [4.69, 9.17) is 4.74 Å². The standard InChI is InChI=1S/C22H26N2O2/c1-23(2)12-4-13-24-21-10-9-20(26-3)15-19(21)16-22(24)18-7-5-17(6-8-18)11-14-25/h5-10,14-16H,4,11-13H2,1-3H3. The first-order valence-corrected chi connectivity index (χ1v) is 8.97. The van der Waals surface area contributed by atoms with Crippen molar-refractivity contribution in [2.24, 2.45) is 0 Å². The number of aldehydes is 1. The molecule has 0 atom stereocenters. The van der Waals surface area contributed by atoms with Crippen molar-refractivity contribution in [3.63, 3.8) is 0 Å². The van der Waals surface area contributed by atoms with Crippen LogP contribution in [0.25, 0.3) is 22.2 Å².